The second kappa shape index (κ2) is 10.8. The molecule has 224 valence electrons. The van der Waals surface area contributed by atoms with E-state index < -0.39 is 35.4 Å². The smallest absolute Gasteiger partial charge is 0.455 e. The van der Waals surface area contributed by atoms with Gasteiger partial charge in [0, 0.05) is 5.39 Å². The lowest BCUT2D eigenvalue weighted by molar-refractivity contribution is 0.00578. The van der Waals surface area contributed by atoms with Crippen LogP contribution in [0.5, 0.6) is 0 Å². The normalized spacial score (nSPS) is 16.3. The number of benzene rings is 4. The molecule has 0 bridgehead atoms. The first kappa shape index (κ1) is 29.9. The van der Waals surface area contributed by atoms with Crippen molar-refractivity contribution >= 4 is 29.5 Å². The summed E-state index contributed by atoms with van der Waals surface area (Å²) in [6, 6.07) is 36.9. The summed E-state index contributed by atoms with van der Waals surface area (Å²) in [4.78, 5) is 13.9. The van der Waals surface area contributed by atoms with Crippen LogP contribution >= 0.6 is 0 Å². The van der Waals surface area contributed by atoms with E-state index in [0.717, 1.165) is 27.7 Å². The first-order valence-electron chi connectivity index (χ1n) is 15.1. The summed E-state index contributed by atoms with van der Waals surface area (Å²) in [6.07, 6.45) is 0. The molecule has 2 heterocycles. The number of carbonyl (C=O) groups is 1. The van der Waals surface area contributed by atoms with Crippen LogP contribution in [0.4, 0.5) is 0 Å². The van der Waals surface area contributed by atoms with Crippen molar-refractivity contribution in [1.82, 2.24) is 9.78 Å². The molecule has 1 aromatic heterocycles. The van der Waals surface area contributed by atoms with E-state index in [1.54, 1.807) is 0 Å². The van der Waals surface area contributed by atoms with Crippen molar-refractivity contribution in [1.29, 1.82) is 0 Å². The summed E-state index contributed by atoms with van der Waals surface area (Å²) in [5.74, 6) is -0.490. The van der Waals surface area contributed by atoms with Crippen LogP contribution in [0, 0.1) is 0 Å². The number of nitrogens with zero attached hydrogens (tertiary/aromatic N) is 2. The van der Waals surface area contributed by atoms with Crippen LogP contribution in [0.25, 0.3) is 10.9 Å². The highest BCUT2D eigenvalue weighted by Crippen LogP contribution is 2.43. The fraction of sp³-hybridized carbons (Fsp3) is 0.297. The highest BCUT2D eigenvalue weighted by Gasteiger charge is 2.52. The molecule has 44 heavy (non-hydrogen) atoms. The first-order chi connectivity index (χ1) is 20.8. The lowest BCUT2D eigenvalue weighted by atomic mass is 9.76. The van der Waals surface area contributed by atoms with E-state index in [1.807, 2.05) is 126 Å². The number of aromatic nitrogens is 2. The lowest BCUT2D eigenvalue weighted by Crippen LogP contribution is -2.41. The van der Waals surface area contributed by atoms with Gasteiger partial charge in [0.05, 0.1) is 16.7 Å². The summed E-state index contributed by atoms with van der Waals surface area (Å²) in [5, 5.41) is 5.83. The van der Waals surface area contributed by atoms with Crippen molar-refractivity contribution in [3.8, 4) is 0 Å². The predicted molar refractivity (Wildman–Crippen MR) is 175 cm³/mol. The maximum absolute atomic E-state index is 13.9. The van der Waals surface area contributed by atoms with Gasteiger partial charge in [-0.05, 0) is 76.7 Å². The minimum atomic E-state index is -0.909. The minimum absolute atomic E-state index is 0.237. The van der Waals surface area contributed by atoms with Crippen LogP contribution in [0.1, 0.15) is 75.6 Å². The van der Waals surface area contributed by atoms with Gasteiger partial charge in [-0.1, -0.05) is 103 Å². The number of hydrogen-bond acceptors (Lipinski definition) is 5. The highest BCUT2D eigenvalue weighted by atomic mass is 16.7. The van der Waals surface area contributed by atoms with Gasteiger partial charge in [0.2, 0.25) is 0 Å². The van der Waals surface area contributed by atoms with Crippen molar-refractivity contribution in [2.45, 2.75) is 70.8 Å². The Labute approximate surface area is 260 Å². The topological polar surface area (TPSA) is 62.6 Å². The maximum atomic E-state index is 13.9. The van der Waals surface area contributed by atoms with E-state index in [9.17, 15) is 4.79 Å². The zero-order chi connectivity index (χ0) is 31.3. The lowest BCUT2D eigenvalue weighted by Gasteiger charge is -2.37. The molecule has 6 nitrogen and oxygen atoms in total. The van der Waals surface area contributed by atoms with E-state index in [1.165, 1.54) is 0 Å². The van der Waals surface area contributed by atoms with Gasteiger partial charge in [-0.25, -0.2) is 9.48 Å². The van der Waals surface area contributed by atoms with Crippen molar-refractivity contribution in [2.75, 3.05) is 0 Å². The highest BCUT2D eigenvalue weighted by molar-refractivity contribution is 6.62. The fourth-order valence-corrected chi connectivity index (χ4v) is 5.90. The van der Waals surface area contributed by atoms with Crippen LogP contribution in [-0.2, 0) is 19.6 Å². The first-order valence-corrected chi connectivity index (χ1v) is 15.1. The van der Waals surface area contributed by atoms with Crippen LogP contribution in [0.15, 0.2) is 109 Å². The molecule has 1 saturated heterocycles. The van der Waals surface area contributed by atoms with Crippen LogP contribution < -0.4 is 5.46 Å². The molecular formula is C37H39BN2O4. The summed E-state index contributed by atoms with van der Waals surface area (Å²) in [5.41, 5.74) is 2.23. The van der Waals surface area contributed by atoms with Crippen LogP contribution in [-0.4, -0.2) is 39.7 Å². The van der Waals surface area contributed by atoms with E-state index in [0.29, 0.717) is 5.39 Å². The third kappa shape index (κ3) is 5.04. The Bertz CT molecular complexity index is 1680. The monoisotopic (exact) mass is 586 g/mol. The summed E-state index contributed by atoms with van der Waals surface area (Å²) in [7, 11) is -0.596. The third-order valence-electron chi connectivity index (χ3n) is 8.71. The quantitative estimate of drug-likeness (QED) is 0.120. The minimum Gasteiger partial charge on any atom is -0.455 e. The molecule has 0 aliphatic carbocycles. The van der Waals surface area contributed by atoms with Gasteiger partial charge in [0.25, 0.3) is 0 Å². The van der Waals surface area contributed by atoms with E-state index in [2.05, 4.69) is 36.4 Å². The number of rotatable bonds is 6. The average Bonchev–Trinajstić information content (AvgIpc) is 3.47. The molecular weight excluding hydrogens is 547 g/mol. The third-order valence-corrected chi connectivity index (χ3v) is 8.71. The number of ether oxygens (including phenoxy) is 1. The van der Waals surface area contributed by atoms with Crippen molar-refractivity contribution in [2.24, 2.45) is 0 Å². The Morgan fingerprint density at radius 3 is 1.61 bits per heavy atom. The Hall–Kier alpha value is -4.20. The molecule has 1 aliphatic rings. The second-order valence-corrected chi connectivity index (χ2v) is 13.4. The van der Waals surface area contributed by atoms with Gasteiger partial charge in [-0.2, -0.15) is 5.10 Å². The molecule has 0 N–H and O–H groups in total. The number of carbonyl (C=O) groups excluding carboxylic acids is 1. The Morgan fingerprint density at radius 1 is 0.727 bits per heavy atom. The van der Waals surface area contributed by atoms with E-state index >= 15 is 0 Å². The molecule has 0 unspecified atom stereocenters. The second-order valence-electron chi connectivity index (χ2n) is 13.4. The summed E-state index contributed by atoms with van der Waals surface area (Å²) >= 11 is 0. The zero-order valence-corrected chi connectivity index (χ0v) is 26.5. The molecule has 0 saturated carbocycles. The van der Waals surface area contributed by atoms with Gasteiger partial charge in [0.15, 0.2) is 5.69 Å². The van der Waals surface area contributed by atoms with Gasteiger partial charge in [-0.15, -0.1) is 0 Å². The Morgan fingerprint density at radius 2 is 1.18 bits per heavy atom. The molecule has 1 fully saturated rings. The van der Waals surface area contributed by atoms with Crippen molar-refractivity contribution < 1.29 is 18.8 Å². The summed E-state index contributed by atoms with van der Waals surface area (Å²) < 4.78 is 20.7. The van der Waals surface area contributed by atoms with Gasteiger partial charge >= 0.3 is 13.1 Å². The molecule has 5 aromatic rings. The van der Waals surface area contributed by atoms with Crippen LogP contribution in [0.2, 0.25) is 0 Å². The van der Waals surface area contributed by atoms with Gasteiger partial charge in [0.1, 0.15) is 11.1 Å². The number of fused-ring (bicyclic) bond motifs is 1. The fourth-order valence-electron chi connectivity index (χ4n) is 5.90. The average molecular weight is 587 g/mol. The Balaban J connectivity index is 1.68. The van der Waals surface area contributed by atoms with Crippen molar-refractivity contribution in [3.63, 3.8) is 0 Å². The molecule has 4 aromatic carbocycles. The molecule has 1 aliphatic heterocycles. The number of hydrogen-bond donors (Lipinski definition) is 0. The molecule has 7 heteroatoms. The standard InChI is InChI=1S/C37H39BN2O4/c1-34(2,3)42-33(41)32-30-25-29(38-43-35(4,5)36(6,7)44-38)23-24-31(30)40(39-32)37(26-17-11-8-12-18-26,27-19-13-9-14-20-27)28-21-15-10-16-22-28/h8-25H,1-7H3. The molecule has 0 amide bonds. The largest absolute Gasteiger partial charge is 0.494 e. The predicted octanol–water partition coefficient (Wildman–Crippen LogP) is 7.13. The Kier molecular flexibility index (Phi) is 7.30. The molecule has 6 rings (SSSR count). The van der Waals surface area contributed by atoms with Gasteiger partial charge < -0.3 is 14.0 Å². The van der Waals surface area contributed by atoms with E-state index in [4.69, 9.17) is 19.1 Å². The molecule has 0 spiro atoms. The molecule has 0 atom stereocenters. The SMILES string of the molecule is CC(C)(C)OC(=O)c1nn(C(c2ccccc2)(c2ccccc2)c2ccccc2)c2ccc(B3OC(C)(C)C(C)(C)O3)cc12. The zero-order valence-electron chi connectivity index (χ0n) is 26.5. The van der Waals surface area contributed by atoms with E-state index in [-0.39, 0.29) is 5.69 Å². The van der Waals surface area contributed by atoms with Crippen molar-refractivity contribution in [3.05, 3.63) is 132 Å². The summed E-state index contributed by atoms with van der Waals surface area (Å²) in [6.45, 7) is 13.7. The molecule has 0 radical (unpaired) electrons. The van der Waals surface area contributed by atoms with Gasteiger partial charge in [-0.3, -0.25) is 0 Å². The maximum Gasteiger partial charge on any atom is 0.494 e. The number of esters is 1. The van der Waals surface area contributed by atoms with Crippen LogP contribution in [0.3, 0.4) is 0 Å².